The summed E-state index contributed by atoms with van der Waals surface area (Å²) >= 11 is 0. The molecule has 3 fully saturated rings. The number of aliphatic carboxylic acids is 1. The van der Waals surface area contributed by atoms with E-state index in [1.165, 1.54) is 49.7 Å². The van der Waals surface area contributed by atoms with Crippen molar-refractivity contribution in [3.05, 3.63) is 35.5 Å². The minimum Gasteiger partial charge on any atom is -0.497 e. The van der Waals surface area contributed by atoms with Crippen molar-refractivity contribution in [1.82, 2.24) is 14.8 Å². The fourth-order valence-electron chi connectivity index (χ4n) is 7.05. The lowest BCUT2D eigenvalue weighted by Crippen LogP contribution is -2.45. The molecule has 0 amide bonds. The number of pyridine rings is 1. The number of hydrogen-bond acceptors (Lipinski definition) is 6. The minimum atomic E-state index is -0.607. The summed E-state index contributed by atoms with van der Waals surface area (Å²) in [6.45, 7) is 7.19. The number of carbonyl (C=O) groups is 1. The summed E-state index contributed by atoms with van der Waals surface area (Å²) in [5.41, 5.74) is 2.89. The van der Waals surface area contributed by atoms with Crippen molar-refractivity contribution in [3.8, 4) is 5.75 Å². The molecule has 7 nitrogen and oxygen atoms in total. The number of methoxy groups -OCH3 is 1. The zero-order valence-corrected chi connectivity index (χ0v) is 23.8. The normalized spacial score (nSPS) is 21.3. The second kappa shape index (κ2) is 13.4. The zero-order chi connectivity index (χ0) is 27.1. The Kier molecular flexibility index (Phi) is 9.75. The molecule has 1 aromatic carbocycles. The van der Waals surface area contributed by atoms with Crippen molar-refractivity contribution in [1.29, 1.82) is 0 Å². The Hall–Kier alpha value is -2.22. The molecule has 0 radical (unpaired) electrons. The molecule has 5 rings (SSSR count). The van der Waals surface area contributed by atoms with Gasteiger partial charge in [0.05, 0.1) is 31.3 Å². The number of nitrogens with zero attached hydrogens (tertiary/aromatic N) is 3. The molecule has 0 bridgehead atoms. The molecule has 39 heavy (non-hydrogen) atoms. The summed E-state index contributed by atoms with van der Waals surface area (Å²) in [6.07, 6.45) is 14.2. The van der Waals surface area contributed by atoms with Crippen LogP contribution in [-0.4, -0.2) is 78.9 Å². The molecule has 3 aliphatic rings. The maximum Gasteiger partial charge on any atom is 0.309 e. The number of piperidine rings is 1. The number of likely N-dealkylation sites (tertiary alicyclic amines) is 1. The van der Waals surface area contributed by atoms with Crippen LogP contribution in [0.4, 0.5) is 0 Å². The Morgan fingerprint density at radius 2 is 1.87 bits per heavy atom. The van der Waals surface area contributed by atoms with Crippen molar-refractivity contribution in [2.24, 2.45) is 11.3 Å². The summed E-state index contributed by atoms with van der Waals surface area (Å²) < 4.78 is 11.1. The van der Waals surface area contributed by atoms with Crippen molar-refractivity contribution < 1.29 is 19.4 Å². The first kappa shape index (κ1) is 28.3. The molecule has 2 aromatic rings. The fraction of sp³-hybridized carbons (Fsp3) is 0.688. The molecular formula is C32H47N3O4. The first-order valence-electron chi connectivity index (χ1n) is 15.3. The van der Waals surface area contributed by atoms with Gasteiger partial charge in [0.2, 0.25) is 0 Å². The van der Waals surface area contributed by atoms with Crippen molar-refractivity contribution in [2.45, 2.75) is 77.2 Å². The van der Waals surface area contributed by atoms with Gasteiger partial charge < -0.3 is 19.5 Å². The van der Waals surface area contributed by atoms with Crippen LogP contribution in [0.15, 0.2) is 24.4 Å². The highest BCUT2D eigenvalue weighted by atomic mass is 16.5. The Balaban J connectivity index is 1.24. The lowest BCUT2D eigenvalue weighted by molar-refractivity contribution is -0.152. The van der Waals surface area contributed by atoms with Gasteiger partial charge in [-0.1, -0.05) is 32.1 Å². The van der Waals surface area contributed by atoms with Crippen molar-refractivity contribution in [2.75, 3.05) is 53.0 Å². The standard InChI is InChI=1S/C32H47N3O4/c1-38-27-9-10-30-29(22-27)28(26(23-33-30)24-35-18-20-39-21-19-35)8-5-12-32(31(36)37)13-16-34(17-14-32)15-11-25-6-3-2-4-7-25/h9-10,22-23,25H,2-8,11-21,24H2,1H3,(H,36,37). The highest BCUT2D eigenvalue weighted by molar-refractivity contribution is 5.84. The molecule has 0 spiro atoms. The first-order chi connectivity index (χ1) is 19.1. The van der Waals surface area contributed by atoms with Gasteiger partial charge in [0.1, 0.15) is 5.75 Å². The highest BCUT2D eigenvalue weighted by Crippen LogP contribution is 2.38. The lowest BCUT2D eigenvalue weighted by atomic mass is 9.74. The van der Waals surface area contributed by atoms with E-state index in [2.05, 4.69) is 15.9 Å². The van der Waals surface area contributed by atoms with Gasteiger partial charge in [-0.25, -0.2) is 0 Å². The lowest BCUT2D eigenvalue weighted by Gasteiger charge is -2.39. The number of hydrogen-bond donors (Lipinski definition) is 1. The number of fused-ring (bicyclic) bond motifs is 1. The number of ether oxygens (including phenoxy) is 2. The van der Waals surface area contributed by atoms with E-state index in [0.29, 0.717) is 0 Å². The Morgan fingerprint density at radius 3 is 2.59 bits per heavy atom. The molecule has 1 N–H and O–H groups in total. The number of carboxylic acids is 1. The number of rotatable bonds is 11. The van der Waals surface area contributed by atoms with Gasteiger partial charge in [-0.2, -0.15) is 0 Å². The Bertz CT molecular complexity index is 1090. The molecule has 0 unspecified atom stereocenters. The van der Waals surface area contributed by atoms with Crippen LogP contribution in [0.2, 0.25) is 0 Å². The monoisotopic (exact) mass is 537 g/mol. The average Bonchev–Trinajstić information content (AvgIpc) is 2.98. The third-order valence-electron chi connectivity index (χ3n) is 9.70. The minimum absolute atomic E-state index is 0.605. The summed E-state index contributed by atoms with van der Waals surface area (Å²) in [4.78, 5) is 22.3. The molecule has 7 heteroatoms. The molecule has 1 saturated carbocycles. The smallest absolute Gasteiger partial charge is 0.309 e. The van der Waals surface area contributed by atoms with Crippen molar-refractivity contribution >= 4 is 16.9 Å². The van der Waals surface area contributed by atoms with Gasteiger partial charge in [0, 0.05) is 31.2 Å². The predicted molar refractivity (Wildman–Crippen MR) is 154 cm³/mol. The summed E-state index contributed by atoms with van der Waals surface area (Å²) in [5, 5.41) is 11.5. The second-order valence-corrected chi connectivity index (χ2v) is 12.1. The third kappa shape index (κ3) is 7.11. The Morgan fingerprint density at radius 1 is 1.10 bits per heavy atom. The van der Waals surface area contributed by atoms with Crippen LogP contribution in [-0.2, 0) is 22.5 Å². The van der Waals surface area contributed by atoms with Crippen LogP contribution in [0.3, 0.4) is 0 Å². The van der Waals surface area contributed by atoms with Crippen LogP contribution >= 0.6 is 0 Å². The molecule has 3 heterocycles. The van der Waals surface area contributed by atoms with Gasteiger partial charge in [-0.15, -0.1) is 0 Å². The van der Waals surface area contributed by atoms with E-state index >= 15 is 0 Å². The number of aryl methyl sites for hydroxylation is 1. The van der Waals surface area contributed by atoms with E-state index in [-0.39, 0.29) is 0 Å². The van der Waals surface area contributed by atoms with Crippen LogP contribution < -0.4 is 4.74 Å². The Labute approximate surface area is 233 Å². The van der Waals surface area contributed by atoms with E-state index < -0.39 is 11.4 Å². The van der Waals surface area contributed by atoms with E-state index in [9.17, 15) is 9.90 Å². The molecule has 1 aliphatic carbocycles. The second-order valence-electron chi connectivity index (χ2n) is 12.1. The van der Waals surface area contributed by atoms with E-state index in [0.717, 1.165) is 107 Å². The van der Waals surface area contributed by atoms with Gasteiger partial charge in [0.15, 0.2) is 0 Å². The third-order valence-corrected chi connectivity index (χ3v) is 9.70. The quantitative estimate of drug-likeness (QED) is 0.404. The highest BCUT2D eigenvalue weighted by Gasteiger charge is 2.41. The first-order valence-corrected chi connectivity index (χ1v) is 15.3. The van der Waals surface area contributed by atoms with Crippen LogP contribution in [0.5, 0.6) is 5.75 Å². The van der Waals surface area contributed by atoms with Crippen LogP contribution in [0.1, 0.15) is 75.3 Å². The maximum atomic E-state index is 12.6. The van der Waals surface area contributed by atoms with Gasteiger partial charge in [-0.3, -0.25) is 14.7 Å². The fourth-order valence-corrected chi connectivity index (χ4v) is 7.05. The summed E-state index contributed by atoms with van der Waals surface area (Å²) in [7, 11) is 1.70. The van der Waals surface area contributed by atoms with E-state index in [1.807, 2.05) is 18.3 Å². The predicted octanol–water partition coefficient (Wildman–Crippen LogP) is 5.54. The maximum absolute atomic E-state index is 12.6. The summed E-state index contributed by atoms with van der Waals surface area (Å²) in [5.74, 6) is 1.10. The molecular weight excluding hydrogens is 490 g/mol. The van der Waals surface area contributed by atoms with Crippen LogP contribution in [0.25, 0.3) is 10.9 Å². The topological polar surface area (TPSA) is 75.1 Å². The molecule has 2 saturated heterocycles. The van der Waals surface area contributed by atoms with Gasteiger partial charge in [-0.05, 0) is 93.4 Å². The van der Waals surface area contributed by atoms with Gasteiger partial charge >= 0.3 is 5.97 Å². The van der Waals surface area contributed by atoms with E-state index in [4.69, 9.17) is 14.5 Å². The van der Waals surface area contributed by atoms with Crippen molar-refractivity contribution in [3.63, 3.8) is 0 Å². The average molecular weight is 538 g/mol. The molecule has 2 aliphatic heterocycles. The summed E-state index contributed by atoms with van der Waals surface area (Å²) in [6, 6.07) is 6.08. The number of morpholine rings is 1. The zero-order valence-electron chi connectivity index (χ0n) is 23.8. The molecule has 1 aromatic heterocycles. The SMILES string of the molecule is COc1ccc2ncc(CN3CCOCC3)c(CCCC3(C(=O)O)CCN(CCC4CCCCC4)CC3)c2c1. The number of carboxylic acid groups (broad SMARTS) is 1. The molecule has 0 atom stereocenters. The molecule has 214 valence electrons. The number of aromatic nitrogens is 1. The van der Waals surface area contributed by atoms with E-state index in [1.54, 1.807) is 7.11 Å². The largest absolute Gasteiger partial charge is 0.497 e. The van der Waals surface area contributed by atoms with Crippen LogP contribution in [0, 0.1) is 11.3 Å². The van der Waals surface area contributed by atoms with Gasteiger partial charge in [0.25, 0.3) is 0 Å². The number of benzene rings is 1.